The van der Waals surface area contributed by atoms with Crippen molar-refractivity contribution in [2.24, 2.45) is 0 Å². The lowest BCUT2D eigenvalue weighted by Gasteiger charge is -2.33. The molecule has 0 radical (unpaired) electrons. The normalized spacial score (nSPS) is 18.6. The molecule has 0 saturated carbocycles. The molecule has 1 aliphatic rings. The summed E-state index contributed by atoms with van der Waals surface area (Å²) in [6.45, 7) is 8.48. The lowest BCUT2D eigenvalue weighted by atomic mass is 10.1. The lowest BCUT2D eigenvalue weighted by molar-refractivity contribution is -0.126. The Morgan fingerprint density at radius 2 is 2.04 bits per heavy atom. The average Bonchev–Trinajstić information content (AvgIpc) is 2.56. The fourth-order valence-electron chi connectivity index (χ4n) is 2.72. The molecule has 0 unspecified atom stereocenters. The predicted octanol–water partition coefficient (Wildman–Crippen LogP) is 2.07. The van der Waals surface area contributed by atoms with Crippen molar-refractivity contribution < 1.29 is 19.1 Å². The molecule has 138 valence electrons. The van der Waals surface area contributed by atoms with Crippen molar-refractivity contribution in [3.05, 3.63) is 23.8 Å². The molecule has 7 heteroatoms. The maximum atomic E-state index is 12.5. The third-order valence-electron chi connectivity index (χ3n) is 4.15. The molecule has 1 heterocycles. The molecule has 1 aromatic carbocycles. The Labute approximate surface area is 148 Å². The summed E-state index contributed by atoms with van der Waals surface area (Å²) in [7, 11) is 1.59. The summed E-state index contributed by atoms with van der Waals surface area (Å²) in [6, 6.07) is 4.64. The number of carbonyl (C=O) groups is 2. The van der Waals surface area contributed by atoms with Gasteiger partial charge in [-0.2, -0.15) is 0 Å². The van der Waals surface area contributed by atoms with Crippen LogP contribution in [-0.4, -0.2) is 49.2 Å². The van der Waals surface area contributed by atoms with Crippen LogP contribution in [0.1, 0.15) is 39.3 Å². The second kappa shape index (κ2) is 8.09. The monoisotopic (exact) mass is 349 g/mol. The molecule has 0 aromatic heterocycles. The highest BCUT2D eigenvalue weighted by molar-refractivity contribution is 5.88. The molecule has 1 saturated heterocycles. The first-order chi connectivity index (χ1) is 11.8. The Morgan fingerprint density at radius 3 is 2.68 bits per heavy atom. The second-order valence-corrected chi connectivity index (χ2v) is 6.41. The van der Waals surface area contributed by atoms with Gasteiger partial charge in [-0.3, -0.25) is 4.79 Å². The van der Waals surface area contributed by atoms with Crippen LogP contribution in [0.3, 0.4) is 0 Å². The van der Waals surface area contributed by atoms with Crippen LogP contribution in [0.25, 0.3) is 0 Å². The Bertz CT molecular complexity index is 633. The molecule has 1 aliphatic heterocycles. The number of amides is 3. The van der Waals surface area contributed by atoms with Crippen molar-refractivity contribution in [2.45, 2.75) is 45.9 Å². The maximum absolute atomic E-state index is 12.5. The highest BCUT2D eigenvalue weighted by Gasteiger charge is 2.30. The van der Waals surface area contributed by atoms with E-state index in [0.717, 1.165) is 5.56 Å². The minimum atomic E-state index is -0.475. The molecule has 3 amide bonds. The molecule has 0 aliphatic carbocycles. The van der Waals surface area contributed by atoms with E-state index in [-0.39, 0.29) is 24.1 Å². The molecule has 0 bridgehead atoms. The van der Waals surface area contributed by atoms with E-state index in [1.54, 1.807) is 18.9 Å². The van der Waals surface area contributed by atoms with E-state index in [0.29, 0.717) is 24.6 Å². The first-order valence-corrected chi connectivity index (χ1v) is 8.53. The van der Waals surface area contributed by atoms with Crippen LogP contribution in [0.4, 0.5) is 4.79 Å². The van der Waals surface area contributed by atoms with Gasteiger partial charge in [-0.25, -0.2) is 4.79 Å². The van der Waals surface area contributed by atoms with Gasteiger partial charge >= 0.3 is 6.03 Å². The van der Waals surface area contributed by atoms with Crippen molar-refractivity contribution in [2.75, 3.05) is 20.2 Å². The number of methoxy groups -OCH3 is 1. The fraction of sp³-hybridized carbons (Fsp3) is 0.556. The van der Waals surface area contributed by atoms with Gasteiger partial charge < -0.3 is 25.0 Å². The standard InChI is InChI=1S/C18H27N3O4/c1-11(2)25-15-7-6-14(10-16(15)24-5)12(3)20-18(23)21-9-8-19-17(22)13(21)4/h6-7,10-13H,8-9H2,1-5H3,(H,19,22)(H,20,23)/t12-,13+/m0/s1. The first kappa shape index (κ1) is 18.9. The van der Waals surface area contributed by atoms with Gasteiger partial charge in [-0.05, 0) is 45.4 Å². The minimum Gasteiger partial charge on any atom is -0.493 e. The zero-order valence-corrected chi connectivity index (χ0v) is 15.5. The Balaban J connectivity index is 2.08. The van der Waals surface area contributed by atoms with Crippen LogP contribution in [0.5, 0.6) is 11.5 Å². The number of ether oxygens (including phenoxy) is 2. The molecular weight excluding hydrogens is 322 g/mol. The Morgan fingerprint density at radius 1 is 1.32 bits per heavy atom. The predicted molar refractivity (Wildman–Crippen MR) is 94.9 cm³/mol. The zero-order chi connectivity index (χ0) is 18.6. The van der Waals surface area contributed by atoms with Crippen molar-refractivity contribution >= 4 is 11.9 Å². The van der Waals surface area contributed by atoms with Crippen molar-refractivity contribution in [1.29, 1.82) is 0 Å². The number of piperazine rings is 1. The molecule has 1 fully saturated rings. The number of benzene rings is 1. The van der Waals surface area contributed by atoms with Crippen LogP contribution >= 0.6 is 0 Å². The van der Waals surface area contributed by atoms with Gasteiger partial charge in [-0.1, -0.05) is 6.07 Å². The van der Waals surface area contributed by atoms with E-state index in [2.05, 4.69) is 10.6 Å². The fourth-order valence-corrected chi connectivity index (χ4v) is 2.72. The summed E-state index contributed by atoms with van der Waals surface area (Å²) in [5.74, 6) is 1.16. The van der Waals surface area contributed by atoms with Gasteiger partial charge in [0.25, 0.3) is 0 Å². The van der Waals surface area contributed by atoms with Crippen molar-refractivity contribution in [1.82, 2.24) is 15.5 Å². The Hall–Kier alpha value is -2.44. The van der Waals surface area contributed by atoms with E-state index < -0.39 is 6.04 Å². The number of hydrogen-bond donors (Lipinski definition) is 2. The van der Waals surface area contributed by atoms with Crippen LogP contribution in [0, 0.1) is 0 Å². The van der Waals surface area contributed by atoms with Crippen LogP contribution in [0.15, 0.2) is 18.2 Å². The molecule has 2 atom stereocenters. The minimum absolute atomic E-state index is 0.0450. The second-order valence-electron chi connectivity index (χ2n) is 6.41. The first-order valence-electron chi connectivity index (χ1n) is 8.53. The van der Waals surface area contributed by atoms with E-state index in [4.69, 9.17) is 9.47 Å². The molecular formula is C18H27N3O4. The number of rotatable bonds is 5. The smallest absolute Gasteiger partial charge is 0.318 e. The summed E-state index contributed by atoms with van der Waals surface area (Å²) >= 11 is 0. The lowest BCUT2D eigenvalue weighted by Crippen LogP contribution is -2.58. The van der Waals surface area contributed by atoms with Crippen LogP contribution < -0.4 is 20.1 Å². The van der Waals surface area contributed by atoms with Crippen molar-refractivity contribution in [3.8, 4) is 11.5 Å². The number of hydrogen-bond acceptors (Lipinski definition) is 4. The number of nitrogens with zero attached hydrogens (tertiary/aromatic N) is 1. The summed E-state index contributed by atoms with van der Waals surface area (Å²) in [6.07, 6.45) is 0.0450. The summed E-state index contributed by atoms with van der Waals surface area (Å²) < 4.78 is 11.1. The molecule has 25 heavy (non-hydrogen) atoms. The number of urea groups is 1. The van der Waals surface area contributed by atoms with Gasteiger partial charge in [-0.15, -0.1) is 0 Å². The van der Waals surface area contributed by atoms with Gasteiger partial charge in [0.1, 0.15) is 6.04 Å². The van der Waals surface area contributed by atoms with Gasteiger partial charge in [0.05, 0.1) is 19.3 Å². The topological polar surface area (TPSA) is 79.9 Å². The van der Waals surface area contributed by atoms with Crippen LogP contribution in [0.2, 0.25) is 0 Å². The summed E-state index contributed by atoms with van der Waals surface area (Å²) in [4.78, 5) is 25.7. The quantitative estimate of drug-likeness (QED) is 0.853. The van der Waals surface area contributed by atoms with Gasteiger partial charge in [0.15, 0.2) is 11.5 Å². The van der Waals surface area contributed by atoms with E-state index >= 15 is 0 Å². The largest absolute Gasteiger partial charge is 0.493 e. The molecule has 1 aromatic rings. The van der Waals surface area contributed by atoms with Crippen LogP contribution in [-0.2, 0) is 4.79 Å². The summed E-state index contributed by atoms with van der Waals surface area (Å²) in [5, 5.41) is 5.69. The highest BCUT2D eigenvalue weighted by Crippen LogP contribution is 2.31. The molecule has 2 N–H and O–H groups in total. The highest BCUT2D eigenvalue weighted by atomic mass is 16.5. The Kier molecular flexibility index (Phi) is 6.12. The SMILES string of the molecule is COc1cc([C@H](C)NC(=O)N2CCNC(=O)[C@H]2C)ccc1OC(C)C. The molecule has 7 nitrogen and oxygen atoms in total. The maximum Gasteiger partial charge on any atom is 0.318 e. The molecule has 0 spiro atoms. The summed E-state index contributed by atoms with van der Waals surface area (Å²) in [5.41, 5.74) is 0.899. The van der Waals surface area contributed by atoms with E-state index in [1.165, 1.54) is 0 Å². The number of carbonyl (C=O) groups excluding carboxylic acids is 2. The number of nitrogens with one attached hydrogen (secondary N) is 2. The van der Waals surface area contributed by atoms with E-state index in [9.17, 15) is 9.59 Å². The van der Waals surface area contributed by atoms with Crippen molar-refractivity contribution in [3.63, 3.8) is 0 Å². The molecule has 2 rings (SSSR count). The zero-order valence-electron chi connectivity index (χ0n) is 15.5. The van der Waals surface area contributed by atoms with E-state index in [1.807, 2.05) is 39.0 Å². The van der Waals surface area contributed by atoms with Gasteiger partial charge in [0.2, 0.25) is 5.91 Å². The third kappa shape index (κ3) is 4.55. The van der Waals surface area contributed by atoms with Gasteiger partial charge in [0, 0.05) is 13.1 Å². The third-order valence-corrected chi connectivity index (χ3v) is 4.15. The average molecular weight is 349 g/mol.